The van der Waals surface area contributed by atoms with Crippen LogP contribution >= 0.6 is 11.3 Å². The average Bonchev–Trinajstić information content (AvgIpc) is 3.25. The Morgan fingerprint density at radius 3 is 2.69 bits per heavy atom. The van der Waals surface area contributed by atoms with Crippen molar-refractivity contribution < 1.29 is 9.59 Å². The summed E-state index contributed by atoms with van der Waals surface area (Å²) in [7, 11) is 0. The van der Waals surface area contributed by atoms with Gasteiger partial charge >= 0.3 is 0 Å². The van der Waals surface area contributed by atoms with E-state index < -0.39 is 0 Å². The van der Waals surface area contributed by atoms with Crippen molar-refractivity contribution in [2.24, 2.45) is 5.92 Å². The molecule has 1 unspecified atom stereocenters. The Labute approximate surface area is 156 Å². The van der Waals surface area contributed by atoms with Crippen LogP contribution in [-0.2, 0) is 11.3 Å². The standard InChI is InChI=1S/C18H23N5O2S/c1-3-19-16(24)15-8-9-23(11-15)10-13-4-6-14(7-5-13)17(25)20-18-22-21-12(2)26-18/h4-7,15H,3,8-11H2,1-2H3,(H,19,24)(H,20,22,25). The van der Waals surface area contributed by atoms with Gasteiger partial charge in [0, 0.05) is 25.2 Å². The Morgan fingerprint density at radius 1 is 1.27 bits per heavy atom. The number of nitrogens with one attached hydrogen (secondary N) is 2. The van der Waals surface area contributed by atoms with Crippen molar-refractivity contribution in [2.75, 3.05) is 25.0 Å². The molecule has 8 heteroatoms. The molecule has 0 radical (unpaired) electrons. The van der Waals surface area contributed by atoms with Crippen LogP contribution in [0.4, 0.5) is 5.13 Å². The van der Waals surface area contributed by atoms with Gasteiger partial charge in [0.15, 0.2) is 0 Å². The monoisotopic (exact) mass is 373 g/mol. The van der Waals surface area contributed by atoms with E-state index in [1.54, 1.807) is 0 Å². The SMILES string of the molecule is CCNC(=O)C1CCN(Cc2ccc(C(=O)Nc3nnc(C)s3)cc2)C1. The molecule has 1 atom stereocenters. The molecule has 2 amide bonds. The Bertz CT molecular complexity index is 774. The van der Waals surface area contributed by atoms with Gasteiger partial charge in [-0.1, -0.05) is 23.5 Å². The molecule has 2 aromatic rings. The summed E-state index contributed by atoms with van der Waals surface area (Å²) in [6.07, 6.45) is 0.896. The van der Waals surface area contributed by atoms with Gasteiger partial charge in [0.05, 0.1) is 5.92 Å². The lowest BCUT2D eigenvalue weighted by Gasteiger charge is -2.16. The minimum absolute atomic E-state index is 0.0790. The number of carbonyl (C=O) groups is 2. The Morgan fingerprint density at radius 2 is 2.04 bits per heavy atom. The number of rotatable bonds is 6. The lowest BCUT2D eigenvalue weighted by Crippen LogP contribution is -2.32. The van der Waals surface area contributed by atoms with Gasteiger partial charge in [-0.2, -0.15) is 0 Å². The molecule has 138 valence electrons. The first-order chi connectivity index (χ1) is 12.5. The number of benzene rings is 1. The number of aryl methyl sites for hydroxylation is 1. The molecule has 26 heavy (non-hydrogen) atoms. The van der Waals surface area contributed by atoms with E-state index in [0.717, 1.165) is 36.6 Å². The fourth-order valence-electron chi connectivity index (χ4n) is 3.04. The highest BCUT2D eigenvalue weighted by Gasteiger charge is 2.27. The molecule has 0 aliphatic carbocycles. The predicted molar refractivity (Wildman–Crippen MR) is 101 cm³/mol. The summed E-state index contributed by atoms with van der Waals surface area (Å²) >= 11 is 1.35. The van der Waals surface area contributed by atoms with E-state index in [1.165, 1.54) is 11.3 Å². The molecule has 2 N–H and O–H groups in total. The molecule has 0 spiro atoms. The molecule has 1 aliphatic rings. The molecule has 1 aliphatic heterocycles. The summed E-state index contributed by atoms with van der Waals surface area (Å²) in [5.74, 6) is 0.0365. The lowest BCUT2D eigenvalue weighted by atomic mass is 10.1. The van der Waals surface area contributed by atoms with Crippen molar-refractivity contribution >= 4 is 28.3 Å². The van der Waals surface area contributed by atoms with Gasteiger partial charge in [0.1, 0.15) is 5.01 Å². The molecular weight excluding hydrogens is 350 g/mol. The Kier molecular flexibility index (Phi) is 5.95. The zero-order chi connectivity index (χ0) is 18.5. The quantitative estimate of drug-likeness (QED) is 0.809. The van der Waals surface area contributed by atoms with Crippen LogP contribution in [0.1, 0.15) is 34.3 Å². The molecule has 1 fully saturated rings. The molecular formula is C18H23N5O2S. The number of hydrogen-bond donors (Lipinski definition) is 2. The number of nitrogens with zero attached hydrogens (tertiary/aromatic N) is 3. The summed E-state index contributed by atoms with van der Waals surface area (Å²) in [4.78, 5) is 26.4. The van der Waals surface area contributed by atoms with E-state index in [4.69, 9.17) is 0 Å². The Balaban J connectivity index is 1.53. The number of hydrogen-bond acceptors (Lipinski definition) is 6. The van der Waals surface area contributed by atoms with Crippen molar-refractivity contribution in [3.63, 3.8) is 0 Å². The average molecular weight is 373 g/mol. The molecule has 0 saturated carbocycles. The summed E-state index contributed by atoms with van der Waals surface area (Å²) in [5.41, 5.74) is 1.72. The van der Waals surface area contributed by atoms with E-state index in [1.807, 2.05) is 38.1 Å². The second-order valence-corrected chi connectivity index (χ2v) is 7.57. The third kappa shape index (κ3) is 4.64. The molecule has 1 aromatic heterocycles. The first kappa shape index (κ1) is 18.5. The molecule has 7 nitrogen and oxygen atoms in total. The smallest absolute Gasteiger partial charge is 0.257 e. The van der Waals surface area contributed by atoms with E-state index in [-0.39, 0.29) is 17.7 Å². The van der Waals surface area contributed by atoms with Crippen LogP contribution in [0.15, 0.2) is 24.3 Å². The van der Waals surface area contributed by atoms with Crippen molar-refractivity contribution in [1.82, 2.24) is 20.4 Å². The summed E-state index contributed by atoms with van der Waals surface area (Å²) in [6, 6.07) is 7.55. The minimum atomic E-state index is -0.190. The molecule has 0 bridgehead atoms. The van der Waals surface area contributed by atoms with E-state index >= 15 is 0 Å². The maximum atomic E-state index is 12.2. The van der Waals surface area contributed by atoms with Crippen LogP contribution in [0.5, 0.6) is 0 Å². The third-order valence-electron chi connectivity index (χ3n) is 4.36. The number of likely N-dealkylation sites (tertiary alicyclic amines) is 1. The highest BCUT2D eigenvalue weighted by Crippen LogP contribution is 2.20. The van der Waals surface area contributed by atoms with Crippen LogP contribution in [0.3, 0.4) is 0 Å². The zero-order valence-corrected chi connectivity index (χ0v) is 15.8. The van der Waals surface area contributed by atoms with Gasteiger partial charge < -0.3 is 5.32 Å². The topological polar surface area (TPSA) is 87.2 Å². The lowest BCUT2D eigenvalue weighted by molar-refractivity contribution is -0.124. The molecule has 1 aromatic carbocycles. The van der Waals surface area contributed by atoms with E-state index in [2.05, 4.69) is 25.7 Å². The van der Waals surface area contributed by atoms with Gasteiger partial charge in [-0.05, 0) is 44.5 Å². The number of carbonyl (C=O) groups excluding carboxylic acids is 2. The van der Waals surface area contributed by atoms with Crippen molar-refractivity contribution in [1.29, 1.82) is 0 Å². The van der Waals surface area contributed by atoms with Gasteiger partial charge in [0.25, 0.3) is 5.91 Å². The highest BCUT2D eigenvalue weighted by molar-refractivity contribution is 7.15. The normalized spacial score (nSPS) is 17.2. The van der Waals surface area contributed by atoms with Crippen LogP contribution in [0, 0.1) is 12.8 Å². The number of aromatic nitrogens is 2. The van der Waals surface area contributed by atoms with Gasteiger partial charge in [-0.3, -0.25) is 19.8 Å². The van der Waals surface area contributed by atoms with Crippen LogP contribution < -0.4 is 10.6 Å². The molecule has 3 rings (SSSR count). The molecule has 2 heterocycles. The maximum absolute atomic E-state index is 12.2. The Hall–Kier alpha value is -2.32. The highest BCUT2D eigenvalue weighted by atomic mass is 32.1. The third-order valence-corrected chi connectivity index (χ3v) is 5.12. The van der Waals surface area contributed by atoms with Gasteiger partial charge in [-0.15, -0.1) is 10.2 Å². The van der Waals surface area contributed by atoms with E-state index in [0.29, 0.717) is 17.2 Å². The first-order valence-corrected chi connectivity index (χ1v) is 9.57. The zero-order valence-electron chi connectivity index (χ0n) is 15.0. The second kappa shape index (κ2) is 8.37. The summed E-state index contributed by atoms with van der Waals surface area (Å²) < 4.78 is 0. The van der Waals surface area contributed by atoms with E-state index in [9.17, 15) is 9.59 Å². The first-order valence-electron chi connectivity index (χ1n) is 8.75. The maximum Gasteiger partial charge on any atom is 0.257 e. The molecule has 1 saturated heterocycles. The van der Waals surface area contributed by atoms with Crippen LogP contribution in [0.2, 0.25) is 0 Å². The van der Waals surface area contributed by atoms with Crippen LogP contribution in [0.25, 0.3) is 0 Å². The van der Waals surface area contributed by atoms with Gasteiger partial charge in [0.2, 0.25) is 11.0 Å². The summed E-state index contributed by atoms with van der Waals surface area (Å²) in [6.45, 7) is 6.94. The van der Waals surface area contributed by atoms with Crippen molar-refractivity contribution in [2.45, 2.75) is 26.8 Å². The fourth-order valence-corrected chi connectivity index (χ4v) is 3.63. The van der Waals surface area contributed by atoms with Crippen molar-refractivity contribution in [3.8, 4) is 0 Å². The largest absolute Gasteiger partial charge is 0.356 e. The van der Waals surface area contributed by atoms with Crippen molar-refractivity contribution in [3.05, 3.63) is 40.4 Å². The predicted octanol–water partition coefficient (Wildman–Crippen LogP) is 2.06. The number of anilines is 1. The minimum Gasteiger partial charge on any atom is -0.356 e. The number of amides is 2. The fraction of sp³-hybridized carbons (Fsp3) is 0.444. The van der Waals surface area contributed by atoms with Gasteiger partial charge in [-0.25, -0.2) is 0 Å². The second-order valence-electron chi connectivity index (χ2n) is 6.39. The van der Waals surface area contributed by atoms with Crippen LogP contribution in [-0.4, -0.2) is 46.5 Å². The summed E-state index contributed by atoms with van der Waals surface area (Å²) in [5, 5.41) is 14.7.